The van der Waals surface area contributed by atoms with Crippen molar-refractivity contribution in [1.29, 1.82) is 0 Å². The molecule has 12 heavy (non-hydrogen) atoms. The van der Waals surface area contributed by atoms with E-state index in [4.69, 9.17) is 10.2 Å². The molecule has 0 aliphatic carbocycles. The Kier molecular flexibility index (Phi) is 9.94. The van der Waals surface area contributed by atoms with Gasteiger partial charge in [0.1, 0.15) is 0 Å². The average Bonchev–Trinajstić information content (AvgIpc) is 1.85. The van der Waals surface area contributed by atoms with E-state index in [9.17, 15) is 9.59 Å². The van der Waals surface area contributed by atoms with Gasteiger partial charge in [-0.1, -0.05) is 6.42 Å². The molecule has 74 valence electrons. The Balaban J connectivity index is 0. The third-order valence-electron chi connectivity index (χ3n) is 1.28. The number of rotatable bonds is 6. The maximum atomic E-state index is 9.98. The molecule has 0 amide bonds. The Morgan fingerprint density at radius 1 is 0.833 bits per heavy atom. The van der Waals surface area contributed by atoms with E-state index in [-0.39, 0.29) is 29.3 Å². The summed E-state index contributed by atoms with van der Waals surface area (Å²) in [6.07, 6.45) is 2.10. The van der Waals surface area contributed by atoms with Gasteiger partial charge in [0.2, 0.25) is 0 Å². The van der Waals surface area contributed by atoms with Gasteiger partial charge in [0.15, 0.2) is 0 Å². The maximum absolute atomic E-state index is 9.98. The van der Waals surface area contributed by atoms with Crippen LogP contribution >= 0.6 is 0 Å². The molecule has 0 saturated carbocycles. The first-order valence-electron chi connectivity index (χ1n) is 3.56. The van der Waals surface area contributed by atoms with Crippen molar-refractivity contribution in [2.45, 2.75) is 32.1 Å². The Morgan fingerprint density at radius 2 is 1.17 bits per heavy atom. The van der Waals surface area contributed by atoms with E-state index >= 15 is 0 Å². The SMILES string of the molecule is O=C(O)CCCCCC(=O)O.[Ni]. The summed E-state index contributed by atoms with van der Waals surface area (Å²) in [7, 11) is 0. The standard InChI is InChI=1S/C7H12O4.Ni/c8-6(9)4-2-1-3-5-7(10)11;/h1-5H2,(H,8,9)(H,10,11);. The molecule has 0 heterocycles. The molecular weight excluding hydrogens is 207 g/mol. The van der Waals surface area contributed by atoms with Crippen LogP contribution in [0.3, 0.4) is 0 Å². The molecule has 4 nitrogen and oxygen atoms in total. The normalized spacial score (nSPS) is 8.67. The summed E-state index contributed by atoms with van der Waals surface area (Å²) in [5.74, 6) is -1.64. The van der Waals surface area contributed by atoms with Crippen molar-refractivity contribution in [3.05, 3.63) is 0 Å². The Morgan fingerprint density at radius 3 is 1.42 bits per heavy atom. The van der Waals surface area contributed by atoms with Gasteiger partial charge in [-0.15, -0.1) is 0 Å². The van der Waals surface area contributed by atoms with Crippen molar-refractivity contribution >= 4 is 11.9 Å². The zero-order valence-electron chi connectivity index (χ0n) is 6.56. The Hall–Kier alpha value is -0.566. The molecule has 0 rings (SSSR count). The van der Waals surface area contributed by atoms with E-state index in [0.29, 0.717) is 19.3 Å². The Bertz CT molecular complexity index is 130. The number of carboxylic acids is 2. The van der Waals surface area contributed by atoms with Crippen LogP contribution in [0.15, 0.2) is 0 Å². The van der Waals surface area contributed by atoms with Crippen LogP contribution in [0.5, 0.6) is 0 Å². The molecule has 0 aromatic heterocycles. The van der Waals surface area contributed by atoms with E-state index in [0.717, 1.165) is 0 Å². The first kappa shape index (κ1) is 14.0. The number of aliphatic carboxylic acids is 2. The molecule has 0 fully saturated rings. The van der Waals surface area contributed by atoms with Gasteiger partial charge in [-0.25, -0.2) is 0 Å². The first-order valence-corrected chi connectivity index (χ1v) is 3.56. The van der Waals surface area contributed by atoms with E-state index < -0.39 is 11.9 Å². The van der Waals surface area contributed by atoms with E-state index in [2.05, 4.69) is 0 Å². The van der Waals surface area contributed by atoms with Gasteiger partial charge in [0, 0.05) is 29.3 Å². The fourth-order valence-corrected chi connectivity index (χ4v) is 0.729. The molecule has 0 bridgehead atoms. The number of unbranched alkanes of at least 4 members (excludes halogenated alkanes) is 2. The minimum atomic E-state index is -0.819. The van der Waals surface area contributed by atoms with Gasteiger partial charge < -0.3 is 10.2 Å². The van der Waals surface area contributed by atoms with E-state index in [1.54, 1.807) is 0 Å². The zero-order chi connectivity index (χ0) is 8.69. The van der Waals surface area contributed by atoms with Crippen LogP contribution in [0.4, 0.5) is 0 Å². The molecule has 0 aliphatic rings. The molecule has 0 radical (unpaired) electrons. The summed E-state index contributed by atoms with van der Waals surface area (Å²) in [6, 6.07) is 0. The first-order chi connectivity index (χ1) is 5.13. The molecule has 0 aromatic rings. The summed E-state index contributed by atoms with van der Waals surface area (Å²) < 4.78 is 0. The molecule has 5 heteroatoms. The van der Waals surface area contributed by atoms with Crippen molar-refractivity contribution < 1.29 is 36.3 Å². The predicted octanol–water partition coefficient (Wildman–Crippen LogP) is 1.10. The van der Waals surface area contributed by atoms with Crippen LogP contribution in [0.25, 0.3) is 0 Å². The van der Waals surface area contributed by atoms with Crippen molar-refractivity contribution in [1.82, 2.24) is 0 Å². The van der Waals surface area contributed by atoms with E-state index in [1.165, 1.54) is 0 Å². The van der Waals surface area contributed by atoms with Gasteiger partial charge >= 0.3 is 11.9 Å². The van der Waals surface area contributed by atoms with Crippen LogP contribution in [0.2, 0.25) is 0 Å². The van der Waals surface area contributed by atoms with Gasteiger partial charge in [-0.05, 0) is 12.8 Å². The van der Waals surface area contributed by atoms with Gasteiger partial charge in [0.25, 0.3) is 0 Å². The van der Waals surface area contributed by atoms with Gasteiger partial charge in [-0.2, -0.15) is 0 Å². The summed E-state index contributed by atoms with van der Waals surface area (Å²) in [5, 5.41) is 16.4. The number of hydrogen-bond donors (Lipinski definition) is 2. The summed E-state index contributed by atoms with van der Waals surface area (Å²) in [4.78, 5) is 20.0. The van der Waals surface area contributed by atoms with Crippen LogP contribution < -0.4 is 0 Å². The van der Waals surface area contributed by atoms with Crippen molar-refractivity contribution in [2.24, 2.45) is 0 Å². The second-order valence-electron chi connectivity index (χ2n) is 2.35. The number of carboxylic acid groups (broad SMARTS) is 2. The van der Waals surface area contributed by atoms with Crippen molar-refractivity contribution in [2.75, 3.05) is 0 Å². The second-order valence-corrected chi connectivity index (χ2v) is 2.35. The Labute approximate surface area is 80.9 Å². The molecule has 0 unspecified atom stereocenters. The average molecular weight is 219 g/mol. The van der Waals surface area contributed by atoms with E-state index in [1.807, 2.05) is 0 Å². The third-order valence-corrected chi connectivity index (χ3v) is 1.28. The molecule has 0 aromatic carbocycles. The summed E-state index contributed by atoms with van der Waals surface area (Å²) >= 11 is 0. The fourth-order valence-electron chi connectivity index (χ4n) is 0.729. The molecule has 0 aliphatic heterocycles. The monoisotopic (exact) mass is 218 g/mol. The van der Waals surface area contributed by atoms with Crippen LogP contribution in [-0.4, -0.2) is 22.2 Å². The number of hydrogen-bond acceptors (Lipinski definition) is 2. The quantitative estimate of drug-likeness (QED) is 0.518. The minimum absolute atomic E-state index is 0. The zero-order valence-corrected chi connectivity index (χ0v) is 7.55. The van der Waals surface area contributed by atoms with Gasteiger partial charge in [0.05, 0.1) is 0 Å². The van der Waals surface area contributed by atoms with Crippen LogP contribution in [0, 0.1) is 0 Å². The largest absolute Gasteiger partial charge is 0.481 e. The molecule has 0 spiro atoms. The maximum Gasteiger partial charge on any atom is 0.303 e. The molecular formula is C7H12NiO4. The topological polar surface area (TPSA) is 74.6 Å². The second kappa shape index (κ2) is 8.53. The summed E-state index contributed by atoms with van der Waals surface area (Å²) in [5.41, 5.74) is 0. The number of carbonyl (C=O) groups is 2. The van der Waals surface area contributed by atoms with Crippen LogP contribution in [-0.2, 0) is 26.1 Å². The molecule has 0 saturated heterocycles. The smallest absolute Gasteiger partial charge is 0.303 e. The predicted molar refractivity (Wildman–Crippen MR) is 38.4 cm³/mol. The molecule has 0 atom stereocenters. The van der Waals surface area contributed by atoms with Crippen molar-refractivity contribution in [3.8, 4) is 0 Å². The fraction of sp³-hybridized carbons (Fsp3) is 0.714. The van der Waals surface area contributed by atoms with Crippen LogP contribution in [0.1, 0.15) is 32.1 Å². The minimum Gasteiger partial charge on any atom is -0.481 e. The van der Waals surface area contributed by atoms with Crippen molar-refractivity contribution in [3.63, 3.8) is 0 Å². The van der Waals surface area contributed by atoms with Gasteiger partial charge in [-0.3, -0.25) is 9.59 Å². The molecule has 2 N–H and O–H groups in total. The third kappa shape index (κ3) is 12.1. The summed E-state index contributed by atoms with van der Waals surface area (Å²) in [6.45, 7) is 0.